The molecule has 5 nitrogen and oxygen atoms in total. The van der Waals surface area contributed by atoms with Crippen molar-refractivity contribution in [3.63, 3.8) is 0 Å². The van der Waals surface area contributed by atoms with Crippen LogP contribution in [0.4, 0.5) is 0 Å². The second kappa shape index (κ2) is 6.58. The van der Waals surface area contributed by atoms with Crippen LogP contribution in [-0.4, -0.2) is 48.7 Å². The molecular formula is C15H18BrNO4. The molecule has 0 saturated carbocycles. The summed E-state index contributed by atoms with van der Waals surface area (Å²) in [5, 5.41) is 9.39. The molecule has 1 saturated heterocycles. The first-order valence-electron chi connectivity index (χ1n) is 6.71. The van der Waals surface area contributed by atoms with Crippen LogP contribution in [0.25, 0.3) is 0 Å². The van der Waals surface area contributed by atoms with Crippen molar-refractivity contribution in [2.45, 2.75) is 12.8 Å². The lowest BCUT2D eigenvalue weighted by Gasteiger charge is -2.23. The third-order valence-corrected chi connectivity index (χ3v) is 4.38. The van der Waals surface area contributed by atoms with Gasteiger partial charge in [0, 0.05) is 24.7 Å². The molecule has 2 rings (SSSR count). The Morgan fingerprint density at radius 2 is 2.05 bits per heavy atom. The lowest BCUT2D eigenvalue weighted by molar-refractivity contribution is -0.151. The topological polar surface area (TPSA) is 66.8 Å². The zero-order chi connectivity index (χ0) is 15.5. The molecular weight excluding hydrogens is 338 g/mol. The fourth-order valence-electron chi connectivity index (χ4n) is 2.60. The highest BCUT2D eigenvalue weighted by molar-refractivity contribution is 9.10. The predicted octanol–water partition coefficient (Wildman–Crippen LogP) is 1.94. The minimum atomic E-state index is -0.968. The maximum Gasteiger partial charge on any atom is 0.313 e. The predicted molar refractivity (Wildman–Crippen MR) is 81.0 cm³/mol. The van der Waals surface area contributed by atoms with Crippen LogP contribution in [0.5, 0.6) is 0 Å². The fourth-order valence-corrected chi connectivity index (χ4v) is 2.87. The van der Waals surface area contributed by atoms with Gasteiger partial charge in [-0.15, -0.1) is 0 Å². The van der Waals surface area contributed by atoms with E-state index in [1.807, 2.05) is 24.3 Å². The van der Waals surface area contributed by atoms with Gasteiger partial charge >= 0.3 is 5.97 Å². The average molecular weight is 356 g/mol. The number of ether oxygens (including phenoxy) is 1. The highest BCUT2D eigenvalue weighted by Crippen LogP contribution is 2.31. The van der Waals surface area contributed by atoms with Gasteiger partial charge < -0.3 is 14.7 Å². The van der Waals surface area contributed by atoms with E-state index in [9.17, 15) is 14.7 Å². The molecule has 1 heterocycles. The monoisotopic (exact) mass is 355 g/mol. The number of aliphatic carboxylic acids is 1. The average Bonchev–Trinajstić information content (AvgIpc) is 2.88. The number of benzene rings is 1. The normalized spacial score (nSPS) is 21.5. The van der Waals surface area contributed by atoms with Crippen molar-refractivity contribution in [2.75, 3.05) is 26.8 Å². The standard InChI is InChI=1S/C15H18BrNO4/c1-21-10-15(14(19)20)6-7-17(9-15)13(18)8-11-2-4-12(16)5-3-11/h2-5H,6-10H2,1H3,(H,19,20). The second-order valence-electron chi connectivity index (χ2n) is 5.39. The van der Waals surface area contributed by atoms with Gasteiger partial charge in [-0.1, -0.05) is 28.1 Å². The van der Waals surface area contributed by atoms with Gasteiger partial charge in [-0.05, 0) is 24.1 Å². The van der Waals surface area contributed by atoms with Crippen LogP contribution in [0.1, 0.15) is 12.0 Å². The van der Waals surface area contributed by atoms with E-state index in [-0.39, 0.29) is 25.5 Å². The van der Waals surface area contributed by atoms with E-state index in [1.54, 1.807) is 4.90 Å². The number of carboxylic acid groups (broad SMARTS) is 1. The van der Waals surface area contributed by atoms with Crippen LogP contribution in [0, 0.1) is 5.41 Å². The van der Waals surface area contributed by atoms with Crippen molar-refractivity contribution in [3.05, 3.63) is 34.3 Å². The maximum atomic E-state index is 12.3. The van der Waals surface area contributed by atoms with Gasteiger partial charge in [-0.3, -0.25) is 9.59 Å². The lowest BCUT2D eigenvalue weighted by atomic mass is 9.88. The zero-order valence-corrected chi connectivity index (χ0v) is 13.4. The van der Waals surface area contributed by atoms with E-state index in [0.29, 0.717) is 13.0 Å². The Kier molecular flexibility index (Phi) is 5.00. The Morgan fingerprint density at radius 1 is 1.38 bits per heavy atom. The molecule has 21 heavy (non-hydrogen) atoms. The molecule has 0 aliphatic carbocycles. The van der Waals surface area contributed by atoms with Crippen molar-refractivity contribution >= 4 is 27.8 Å². The van der Waals surface area contributed by atoms with E-state index < -0.39 is 11.4 Å². The van der Waals surface area contributed by atoms with Gasteiger partial charge in [-0.2, -0.15) is 0 Å². The van der Waals surface area contributed by atoms with E-state index in [4.69, 9.17) is 4.74 Å². The van der Waals surface area contributed by atoms with Gasteiger partial charge in [0.05, 0.1) is 13.0 Å². The van der Waals surface area contributed by atoms with E-state index in [2.05, 4.69) is 15.9 Å². The number of rotatable bonds is 5. The van der Waals surface area contributed by atoms with Crippen molar-refractivity contribution < 1.29 is 19.4 Å². The van der Waals surface area contributed by atoms with Crippen LogP contribution in [-0.2, 0) is 20.7 Å². The third kappa shape index (κ3) is 3.63. The highest BCUT2D eigenvalue weighted by atomic mass is 79.9. The van der Waals surface area contributed by atoms with E-state index in [1.165, 1.54) is 7.11 Å². The Labute approximate surface area is 132 Å². The first kappa shape index (κ1) is 16.0. The molecule has 1 aromatic rings. The number of nitrogens with zero attached hydrogens (tertiary/aromatic N) is 1. The molecule has 1 amide bonds. The Morgan fingerprint density at radius 3 is 2.62 bits per heavy atom. The fraction of sp³-hybridized carbons (Fsp3) is 0.467. The summed E-state index contributed by atoms with van der Waals surface area (Å²) in [6.07, 6.45) is 0.720. The number of carbonyl (C=O) groups is 2. The number of amides is 1. The lowest BCUT2D eigenvalue weighted by Crippen LogP contribution is -2.40. The van der Waals surface area contributed by atoms with Crippen LogP contribution in [0.3, 0.4) is 0 Å². The molecule has 1 atom stereocenters. The molecule has 1 unspecified atom stereocenters. The van der Waals surface area contributed by atoms with Crippen molar-refractivity contribution in [1.82, 2.24) is 4.90 Å². The van der Waals surface area contributed by atoms with Crippen LogP contribution in [0.15, 0.2) is 28.7 Å². The molecule has 1 fully saturated rings. The summed E-state index contributed by atoms with van der Waals surface area (Å²) >= 11 is 3.35. The minimum absolute atomic E-state index is 0.0449. The van der Waals surface area contributed by atoms with Crippen LogP contribution < -0.4 is 0 Å². The van der Waals surface area contributed by atoms with Crippen molar-refractivity contribution in [1.29, 1.82) is 0 Å². The first-order chi connectivity index (χ1) is 9.97. The highest BCUT2D eigenvalue weighted by Gasteiger charge is 2.46. The van der Waals surface area contributed by atoms with E-state index >= 15 is 0 Å². The van der Waals surface area contributed by atoms with Crippen LogP contribution in [0.2, 0.25) is 0 Å². The maximum absolute atomic E-state index is 12.3. The molecule has 114 valence electrons. The minimum Gasteiger partial charge on any atom is -0.481 e. The molecule has 6 heteroatoms. The summed E-state index contributed by atoms with van der Waals surface area (Å²) in [5.74, 6) is -0.945. The summed E-state index contributed by atoms with van der Waals surface area (Å²) in [4.78, 5) is 25.4. The van der Waals surface area contributed by atoms with Crippen LogP contribution >= 0.6 is 15.9 Å². The molecule has 1 aliphatic rings. The smallest absolute Gasteiger partial charge is 0.313 e. The summed E-state index contributed by atoms with van der Waals surface area (Å²) in [7, 11) is 1.48. The molecule has 1 aromatic carbocycles. The SMILES string of the molecule is COCC1(C(=O)O)CCN(C(=O)Cc2ccc(Br)cc2)C1. The number of likely N-dealkylation sites (tertiary alicyclic amines) is 1. The van der Waals surface area contributed by atoms with Crippen molar-refractivity contribution in [2.24, 2.45) is 5.41 Å². The molecule has 0 radical (unpaired) electrons. The molecule has 0 spiro atoms. The Balaban J connectivity index is 2.01. The van der Waals surface area contributed by atoms with Gasteiger partial charge in [0.2, 0.25) is 5.91 Å². The zero-order valence-electron chi connectivity index (χ0n) is 11.8. The summed E-state index contributed by atoms with van der Waals surface area (Å²) in [5.41, 5.74) is -0.0489. The molecule has 0 aromatic heterocycles. The summed E-state index contributed by atoms with van der Waals surface area (Å²) in [6.45, 7) is 0.807. The summed E-state index contributed by atoms with van der Waals surface area (Å²) in [6, 6.07) is 7.55. The first-order valence-corrected chi connectivity index (χ1v) is 7.51. The van der Waals surface area contributed by atoms with Gasteiger partial charge in [0.15, 0.2) is 0 Å². The molecule has 0 bridgehead atoms. The number of carboxylic acids is 1. The van der Waals surface area contributed by atoms with Gasteiger partial charge in [0.1, 0.15) is 5.41 Å². The Bertz CT molecular complexity index is 531. The van der Waals surface area contributed by atoms with Gasteiger partial charge in [0.25, 0.3) is 0 Å². The van der Waals surface area contributed by atoms with Gasteiger partial charge in [-0.25, -0.2) is 0 Å². The Hall–Kier alpha value is -1.40. The molecule has 1 aliphatic heterocycles. The number of methoxy groups -OCH3 is 1. The quantitative estimate of drug-likeness (QED) is 0.876. The summed E-state index contributed by atoms with van der Waals surface area (Å²) < 4.78 is 5.99. The number of hydrogen-bond acceptors (Lipinski definition) is 3. The third-order valence-electron chi connectivity index (χ3n) is 3.85. The second-order valence-corrected chi connectivity index (χ2v) is 6.30. The number of carbonyl (C=O) groups excluding carboxylic acids is 1. The molecule has 1 N–H and O–H groups in total. The largest absolute Gasteiger partial charge is 0.481 e. The van der Waals surface area contributed by atoms with E-state index in [0.717, 1.165) is 10.0 Å². The number of halogens is 1. The van der Waals surface area contributed by atoms with Crippen molar-refractivity contribution in [3.8, 4) is 0 Å². The number of hydrogen-bond donors (Lipinski definition) is 1.